The fraction of sp³-hybridized carbons (Fsp3) is 0.556. The highest BCUT2D eigenvalue weighted by atomic mass is 16.5. The Kier molecular flexibility index (Phi) is 8.77. The van der Waals surface area contributed by atoms with Gasteiger partial charge < -0.3 is 25.2 Å². The van der Waals surface area contributed by atoms with Crippen molar-refractivity contribution in [2.45, 2.75) is 32.7 Å². The third kappa shape index (κ3) is 7.43. The molecule has 0 aromatic heterocycles. The van der Waals surface area contributed by atoms with E-state index in [0.29, 0.717) is 18.2 Å². The van der Waals surface area contributed by atoms with Gasteiger partial charge in [0.25, 0.3) is 0 Å². The Bertz CT molecular complexity index is 545. The van der Waals surface area contributed by atoms with Crippen LogP contribution in [0.1, 0.15) is 25.8 Å². The van der Waals surface area contributed by atoms with Gasteiger partial charge in [-0.2, -0.15) is 0 Å². The Balaban J connectivity index is 2.73. The Morgan fingerprint density at radius 2 is 1.84 bits per heavy atom. The summed E-state index contributed by atoms with van der Waals surface area (Å²) in [5.41, 5.74) is 0.782. The van der Waals surface area contributed by atoms with Gasteiger partial charge in [0, 0.05) is 19.5 Å². The molecular formula is C18H28N2O5. The number of ether oxygens (including phenoxy) is 1. The number of carbonyl (C=O) groups excluding carboxylic acids is 1. The summed E-state index contributed by atoms with van der Waals surface area (Å²) in [7, 11) is 1.56. The Labute approximate surface area is 148 Å². The first-order chi connectivity index (χ1) is 11.9. The topological polar surface area (TPSA) is 99.1 Å². The summed E-state index contributed by atoms with van der Waals surface area (Å²) in [6.45, 7) is 4.56. The monoisotopic (exact) mass is 352 g/mol. The average molecular weight is 352 g/mol. The molecular weight excluding hydrogens is 324 g/mol. The van der Waals surface area contributed by atoms with E-state index < -0.39 is 18.0 Å². The minimum Gasteiger partial charge on any atom is -0.497 e. The molecule has 7 nitrogen and oxygen atoms in total. The van der Waals surface area contributed by atoms with Crippen molar-refractivity contribution in [3.63, 3.8) is 0 Å². The van der Waals surface area contributed by atoms with E-state index in [1.807, 2.05) is 13.8 Å². The van der Waals surface area contributed by atoms with Gasteiger partial charge in [-0.05, 0) is 30.0 Å². The second kappa shape index (κ2) is 10.6. The van der Waals surface area contributed by atoms with E-state index in [2.05, 4.69) is 5.32 Å². The third-order valence-corrected chi connectivity index (χ3v) is 3.83. The zero-order valence-electron chi connectivity index (χ0n) is 15.1. The van der Waals surface area contributed by atoms with Crippen LogP contribution in [0.4, 0.5) is 4.79 Å². The van der Waals surface area contributed by atoms with Gasteiger partial charge in [-0.3, -0.25) is 0 Å². The summed E-state index contributed by atoms with van der Waals surface area (Å²) in [4.78, 5) is 25.3. The molecule has 0 aliphatic heterocycles. The van der Waals surface area contributed by atoms with Gasteiger partial charge >= 0.3 is 12.0 Å². The molecule has 0 saturated carbocycles. The van der Waals surface area contributed by atoms with Crippen LogP contribution in [-0.4, -0.2) is 60.0 Å². The van der Waals surface area contributed by atoms with Crippen molar-refractivity contribution in [1.29, 1.82) is 0 Å². The summed E-state index contributed by atoms with van der Waals surface area (Å²) in [5.74, 6) is -0.0111. The van der Waals surface area contributed by atoms with Gasteiger partial charge in [0.2, 0.25) is 0 Å². The Morgan fingerprint density at radius 3 is 2.32 bits per heavy atom. The molecule has 0 bridgehead atoms. The Hall–Kier alpha value is -2.28. The van der Waals surface area contributed by atoms with Crippen molar-refractivity contribution in [3.05, 3.63) is 29.8 Å². The van der Waals surface area contributed by atoms with Crippen LogP contribution in [0.2, 0.25) is 0 Å². The fourth-order valence-corrected chi connectivity index (χ4v) is 2.29. The van der Waals surface area contributed by atoms with Gasteiger partial charge in [-0.1, -0.05) is 26.0 Å². The van der Waals surface area contributed by atoms with E-state index in [1.54, 1.807) is 31.4 Å². The molecule has 1 atom stereocenters. The molecule has 7 heteroatoms. The number of carbonyl (C=O) groups is 2. The molecule has 140 valence electrons. The number of aliphatic hydroxyl groups excluding tert-OH is 1. The molecule has 0 fully saturated rings. The summed E-state index contributed by atoms with van der Waals surface area (Å²) in [5, 5.41) is 21.1. The average Bonchev–Trinajstić information content (AvgIpc) is 2.58. The quantitative estimate of drug-likeness (QED) is 0.596. The third-order valence-electron chi connectivity index (χ3n) is 3.83. The van der Waals surface area contributed by atoms with E-state index in [1.165, 1.54) is 4.90 Å². The molecule has 25 heavy (non-hydrogen) atoms. The van der Waals surface area contributed by atoms with Gasteiger partial charge in [0.15, 0.2) is 0 Å². The normalized spacial score (nSPS) is 11.9. The van der Waals surface area contributed by atoms with E-state index >= 15 is 0 Å². The molecule has 0 radical (unpaired) electrons. The lowest BCUT2D eigenvalue weighted by atomic mass is 10.1. The molecule has 1 rings (SSSR count). The molecule has 2 amide bonds. The molecule has 0 unspecified atom stereocenters. The number of carboxylic acids is 1. The minimum atomic E-state index is -1.10. The predicted molar refractivity (Wildman–Crippen MR) is 94.8 cm³/mol. The zero-order valence-corrected chi connectivity index (χ0v) is 15.1. The standard InChI is InChI=1S/C18H28N2O5/c1-13(2)8-9-20(10-11-21)18(24)19-16(17(22)23)12-14-4-6-15(25-3)7-5-14/h4-7,13,16,21H,8-12H2,1-3H3,(H,19,24)(H,22,23)/t16-/m0/s1. The highest BCUT2D eigenvalue weighted by Gasteiger charge is 2.23. The van der Waals surface area contributed by atoms with Crippen LogP contribution in [0.5, 0.6) is 5.75 Å². The highest BCUT2D eigenvalue weighted by Crippen LogP contribution is 2.13. The molecule has 0 aliphatic rings. The lowest BCUT2D eigenvalue weighted by Crippen LogP contribution is -2.50. The van der Waals surface area contributed by atoms with E-state index in [9.17, 15) is 14.7 Å². The first-order valence-corrected chi connectivity index (χ1v) is 8.39. The largest absolute Gasteiger partial charge is 0.497 e. The van der Waals surface area contributed by atoms with Gasteiger partial charge in [0.1, 0.15) is 11.8 Å². The molecule has 0 spiro atoms. The maximum atomic E-state index is 12.4. The number of aliphatic hydroxyl groups is 1. The van der Waals surface area contributed by atoms with Gasteiger partial charge in [0.05, 0.1) is 13.7 Å². The molecule has 3 N–H and O–H groups in total. The SMILES string of the molecule is COc1ccc(C[C@H](NC(=O)N(CCO)CCC(C)C)C(=O)O)cc1. The number of hydrogen-bond donors (Lipinski definition) is 3. The number of carboxylic acid groups (broad SMARTS) is 1. The second-order valence-corrected chi connectivity index (χ2v) is 6.29. The second-order valence-electron chi connectivity index (χ2n) is 6.29. The van der Waals surface area contributed by atoms with Crippen LogP contribution >= 0.6 is 0 Å². The maximum Gasteiger partial charge on any atom is 0.326 e. The molecule has 1 aromatic rings. The number of benzene rings is 1. The summed E-state index contributed by atoms with van der Waals surface area (Å²) in [6, 6.07) is 5.51. The van der Waals surface area contributed by atoms with Crippen LogP contribution in [0, 0.1) is 5.92 Å². The van der Waals surface area contributed by atoms with E-state index in [0.717, 1.165) is 12.0 Å². The summed E-state index contributed by atoms with van der Waals surface area (Å²) in [6.07, 6.45) is 0.950. The van der Waals surface area contributed by atoms with Crippen molar-refractivity contribution in [2.75, 3.05) is 26.8 Å². The smallest absolute Gasteiger partial charge is 0.326 e. The number of amides is 2. The van der Waals surface area contributed by atoms with Gasteiger partial charge in [-0.15, -0.1) is 0 Å². The molecule has 0 aliphatic carbocycles. The molecule has 0 heterocycles. The number of hydrogen-bond acceptors (Lipinski definition) is 4. The molecule has 1 aromatic carbocycles. The van der Waals surface area contributed by atoms with Crippen molar-refractivity contribution >= 4 is 12.0 Å². The minimum absolute atomic E-state index is 0.165. The van der Waals surface area contributed by atoms with Crippen molar-refractivity contribution < 1.29 is 24.5 Å². The number of aliphatic carboxylic acids is 1. The first-order valence-electron chi connectivity index (χ1n) is 8.39. The van der Waals surface area contributed by atoms with Crippen molar-refractivity contribution in [2.24, 2.45) is 5.92 Å². The van der Waals surface area contributed by atoms with Gasteiger partial charge in [-0.25, -0.2) is 9.59 Å². The fourth-order valence-electron chi connectivity index (χ4n) is 2.29. The predicted octanol–water partition coefficient (Wildman–Crippen LogP) is 1.74. The van der Waals surface area contributed by atoms with E-state index in [-0.39, 0.29) is 19.6 Å². The lowest BCUT2D eigenvalue weighted by molar-refractivity contribution is -0.139. The Morgan fingerprint density at radius 1 is 1.20 bits per heavy atom. The van der Waals surface area contributed by atoms with Crippen LogP contribution in [0.15, 0.2) is 24.3 Å². The van der Waals surface area contributed by atoms with Crippen LogP contribution < -0.4 is 10.1 Å². The molecule has 0 saturated heterocycles. The van der Waals surface area contributed by atoms with Crippen LogP contribution in [0.25, 0.3) is 0 Å². The number of nitrogens with one attached hydrogen (secondary N) is 1. The highest BCUT2D eigenvalue weighted by molar-refractivity contribution is 5.82. The van der Waals surface area contributed by atoms with Crippen molar-refractivity contribution in [3.8, 4) is 5.75 Å². The zero-order chi connectivity index (χ0) is 18.8. The van der Waals surface area contributed by atoms with Crippen LogP contribution in [0.3, 0.4) is 0 Å². The number of nitrogens with zero attached hydrogens (tertiary/aromatic N) is 1. The summed E-state index contributed by atoms with van der Waals surface area (Å²) < 4.78 is 5.07. The summed E-state index contributed by atoms with van der Waals surface area (Å²) >= 11 is 0. The number of rotatable bonds is 10. The lowest BCUT2D eigenvalue weighted by Gasteiger charge is -2.25. The number of urea groups is 1. The number of methoxy groups -OCH3 is 1. The van der Waals surface area contributed by atoms with Crippen LogP contribution in [-0.2, 0) is 11.2 Å². The van der Waals surface area contributed by atoms with Crippen molar-refractivity contribution in [1.82, 2.24) is 10.2 Å². The first kappa shape index (κ1) is 20.8. The van der Waals surface area contributed by atoms with E-state index in [4.69, 9.17) is 9.84 Å². The maximum absolute atomic E-state index is 12.4.